The second-order valence-electron chi connectivity index (χ2n) is 6.49. The van der Waals surface area contributed by atoms with Crippen LogP contribution in [-0.2, 0) is 6.42 Å². The zero-order chi connectivity index (χ0) is 15.5. The quantitative estimate of drug-likeness (QED) is 0.600. The average molecular weight is 286 g/mol. The molecule has 0 unspecified atom stereocenters. The topological polar surface area (TPSA) is 52.2 Å². The van der Waals surface area contributed by atoms with Crippen molar-refractivity contribution in [2.75, 3.05) is 13.6 Å². The number of aromatic nitrogens is 1. The van der Waals surface area contributed by atoms with Crippen LogP contribution >= 0.6 is 0 Å². The summed E-state index contributed by atoms with van der Waals surface area (Å²) >= 11 is 0. The van der Waals surface area contributed by atoms with E-state index in [-0.39, 0.29) is 5.54 Å². The second kappa shape index (κ2) is 6.20. The Morgan fingerprint density at radius 1 is 1.29 bits per heavy atom. The monoisotopic (exact) mass is 286 g/mol. The highest BCUT2D eigenvalue weighted by Crippen LogP contribution is 2.19. The summed E-state index contributed by atoms with van der Waals surface area (Å²) in [5, 5.41) is 8.03. The Morgan fingerprint density at radius 2 is 2.05 bits per heavy atom. The van der Waals surface area contributed by atoms with Crippen LogP contribution in [0, 0.1) is 6.92 Å². The zero-order valence-electron chi connectivity index (χ0n) is 13.7. The van der Waals surface area contributed by atoms with Gasteiger partial charge in [0.15, 0.2) is 5.96 Å². The Morgan fingerprint density at radius 3 is 2.71 bits per heavy atom. The normalized spacial score (nSPS) is 12.7. The molecule has 4 heteroatoms. The second-order valence-corrected chi connectivity index (χ2v) is 6.49. The molecule has 1 heterocycles. The number of fused-ring (bicyclic) bond motifs is 1. The van der Waals surface area contributed by atoms with Crippen molar-refractivity contribution in [1.29, 1.82) is 0 Å². The van der Waals surface area contributed by atoms with Crippen LogP contribution in [0.3, 0.4) is 0 Å². The summed E-state index contributed by atoms with van der Waals surface area (Å²) < 4.78 is 0. The van der Waals surface area contributed by atoms with Crippen LogP contribution in [0.4, 0.5) is 0 Å². The first-order chi connectivity index (χ1) is 9.89. The van der Waals surface area contributed by atoms with E-state index in [9.17, 15) is 0 Å². The smallest absolute Gasteiger partial charge is 0.191 e. The molecule has 0 amide bonds. The number of rotatable bonds is 3. The first-order valence-electron chi connectivity index (χ1n) is 7.44. The molecule has 0 aliphatic carbocycles. The standard InChI is InChI=1S/C17H26N4/c1-12-6-7-14-13(11-20-15(14)10-12)8-9-19-16(18-5)21-17(2,3)4/h6-7,10-11,20H,8-9H2,1-5H3,(H2,18,19,21). The van der Waals surface area contributed by atoms with Gasteiger partial charge in [-0.1, -0.05) is 12.1 Å². The lowest BCUT2D eigenvalue weighted by Crippen LogP contribution is -2.48. The molecule has 0 aliphatic rings. The zero-order valence-corrected chi connectivity index (χ0v) is 13.7. The van der Waals surface area contributed by atoms with E-state index in [0.717, 1.165) is 18.9 Å². The minimum Gasteiger partial charge on any atom is -0.361 e. The number of nitrogens with one attached hydrogen (secondary N) is 3. The maximum absolute atomic E-state index is 4.25. The minimum atomic E-state index is 0.0140. The molecule has 0 radical (unpaired) electrons. The number of aliphatic imine (C=N–C) groups is 1. The van der Waals surface area contributed by atoms with Crippen molar-refractivity contribution >= 4 is 16.9 Å². The third-order valence-electron chi connectivity index (χ3n) is 3.33. The van der Waals surface area contributed by atoms with Gasteiger partial charge in [-0.25, -0.2) is 0 Å². The van der Waals surface area contributed by atoms with Crippen molar-refractivity contribution in [3.63, 3.8) is 0 Å². The first kappa shape index (κ1) is 15.4. The molecule has 0 fully saturated rings. The Bertz CT molecular complexity index is 632. The number of benzene rings is 1. The molecule has 0 saturated carbocycles. The molecule has 0 atom stereocenters. The van der Waals surface area contributed by atoms with E-state index in [1.165, 1.54) is 22.0 Å². The van der Waals surface area contributed by atoms with Crippen LogP contribution in [0.15, 0.2) is 29.4 Å². The molecule has 0 spiro atoms. The molecule has 0 aliphatic heterocycles. The number of hydrogen-bond donors (Lipinski definition) is 3. The van der Waals surface area contributed by atoms with Gasteiger partial charge < -0.3 is 15.6 Å². The van der Waals surface area contributed by atoms with Crippen molar-refractivity contribution in [1.82, 2.24) is 15.6 Å². The molecule has 4 nitrogen and oxygen atoms in total. The van der Waals surface area contributed by atoms with Crippen molar-refractivity contribution in [2.24, 2.45) is 4.99 Å². The summed E-state index contributed by atoms with van der Waals surface area (Å²) in [6.07, 6.45) is 3.07. The van der Waals surface area contributed by atoms with Gasteiger partial charge in [-0.15, -0.1) is 0 Å². The van der Waals surface area contributed by atoms with Gasteiger partial charge in [0.1, 0.15) is 0 Å². The number of guanidine groups is 1. The van der Waals surface area contributed by atoms with Gasteiger partial charge in [-0.05, 0) is 51.3 Å². The molecule has 0 saturated heterocycles. The Kier molecular flexibility index (Phi) is 4.56. The molecule has 2 aromatic rings. The van der Waals surface area contributed by atoms with Crippen LogP contribution < -0.4 is 10.6 Å². The minimum absolute atomic E-state index is 0.0140. The molecule has 1 aromatic carbocycles. The molecule has 1 aromatic heterocycles. The number of aromatic amines is 1. The molecular formula is C17H26N4. The van der Waals surface area contributed by atoms with Crippen LogP contribution in [0.5, 0.6) is 0 Å². The van der Waals surface area contributed by atoms with Gasteiger partial charge in [-0.2, -0.15) is 0 Å². The fraction of sp³-hybridized carbons (Fsp3) is 0.471. The van der Waals surface area contributed by atoms with Crippen molar-refractivity contribution in [2.45, 2.75) is 39.7 Å². The van der Waals surface area contributed by atoms with Gasteiger partial charge in [0, 0.05) is 36.2 Å². The SMILES string of the molecule is CN=C(NCCc1c[nH]c2cc(C)ccc12)NC(C)(C)C. The Labute approximate surface area is 127 Å². The lowest BCUT2D eigenvalue weighted by molar-refractivity contribution is 0.501. The lowest BCUT2D eigenvalue weighted by Gasteiger charge is -2.23. The number of hydrogen-bond acceptors (Lipinski definition) is 1. The number of nitrogens with zero attached hydrogens (tertiary/aromatic N) is 1. The van der Waals surface area contributed by atoms with Gasteiger partial charge in [0.2, 0.25) is 0 Å². The maximum atomic E-state index is 4.25. The number of H-pyrrole nitrogens is 1. The van der Waals surface area contributed by atoms with E-state index in [4.69, 9.17) is 0 Å². The van der Waals surface area contributed by atoms with Gasteiger partial charge in [0.05, 0.1) is 0 Å². The van der Waals surface area contributed by atoms with E-state index in [2.05, 4.69) is 72.7 Å². The van der Waals surface area contributed by atoms with E-state index >= 15 is 0 Å². The maximum Gasteiger partial charge on any atom is 0.191 e. The third-order valence-corrected chi connectivity index (χ3v) is 3.33. The fourth-order valence-corrected chi connectivity index (χ4v) is 2.36. The molecule has 114 valence electrons. The lowest BCUT2D eigenvalue weighted by atomic mass is 10.1. The average Bonchev–Trinajstić information content (AvgIpc) is 2.78. The summed E-state index contributed by atoms with van der Waals surface area (Å²) in [6.45, 7) is 9.35. The molecule has 2 rings (SSSR count). The summed E-state index contributed by atoms with van der Waals surface area (Å²) in [6, 6.07) is 6.54. The van der Waals surface area contributed by atoms with Crippen molar-refractivity contribution in [3.05, 3.63) is 35.5 Å². The van der Waals surface area contributed by atoms with Crippen LogP contribution in [0.25, 0.3) is 10.9 Å². The third kappa shape index (κ3) is 4.25. The predicted octanol–water partition coefficient (Wildman–Crippen LogP) is 2.98. The first-order valence-corrected chi connectivity index (χ1v) is 7.44. The van der Waals surface area contributed by atoms with E-state index in [1.807, 2.05) is 0 Å². The predicted molar refractivity (Wildman–Crippen MR) is 91.0 cm³/mol. The number of aryl methyl sites for hydroxylation is 1. The molecule has 0 bridgehead atoms. The summed E-state index contributed by atoms with van der Waals surface area (Å²) in [7, 11) is 1.80. The van der Waals surface area contributed by atoms with E-state index < -0.39 is 0 Å². The van der Waals surface area contributed by atoms with Gasteiger partial charge in [-0.3, -0.25) is 4.99 Å². The van der Waals surface area contributed by atoms with Gasteiger partial charge >= 0.3 is 0 Å². The summed E-state index contributed by atoms with van der Waals surface area (Å²) in [5.41, 5.74) is 3.84. The van der Waals surface area contributed by atoms with Crippen LogP contribution in [-0.4, -0.2) is 30.1 Å². The molecule has 3 N–H and O–H groups in total. The Hall–Kier alpha value is -1.97. The highest BCUT2D eigenvalue weighted by atomic mass is 15.2. The van der Waals surface area contributed by atoms with Crippen LogP contribution in [0.1, 0.15) is 31.9 Å². The Balaban J connectivity index is 1.96. The van der Waals surface area contributed by atoms with E-state index in [0.29, 0.717) is 0 Å². The summed E-state index contributed by atoms with van der Waals surface area (Å²) in [5.74, 6) is 0.846. The highest BCUT2D eigenvalue weighted by molar-refractivity contribution is 5.84. The van der Waals surface area contributed by atoms with Crippen LogP contribution in [0.2, 0.25) is 0 Å². The summed E-state index contributed by atoms with van der Waals surface area (Å²) in [4.78, 5) is 7.60. The molecular weight excluding hydrogens is 260 g/mol. The highest BCUT2D eigenvalue weighted by Gasteiger charge is 2.11. The molecule has 21 heavy (non-hydrogen) atoms. The van der Waals surface area contributed by atoms with E-state index in [1.54, 1.807) is 7.05 Å². The van der Waals surface area contributed by atoms with Crippen molar-refractivity contribution < 1.29 is 0 Å². The van der Waals surface area contributed by atoms with Gasteiger partial charge in [0.25, 0.3) is 0 Å². The fourth-order valence-electron chi connectivity index (χ4n) is 2.36. The largest absolute Gasteiger partial charge is 0.361 e. The van der Waals surface area contributed by atoms with Crippen molar-refractivity contribution in [3.8, 4) is 0 Å².